The molecule has 1 aromatic rings. The Kier molecular flexibility index (Phi) is 4.90. The number of likely N-dealkylation sites (tertiary alicyclic amines) is 1. The van der Waals surface area contributed by atoms with E-state index >= 15 is 0 Å². The number of carbonyl (C=O) groups excluding carboxylic acids is 1. The first-order valence-electron chi connectivity index (χ1n) is 8.10. The van der Waals surface area contributed by atoms with Crippen LogP contribution < -0.4 is 0 Å². The summed E-state index contributed by atoms with van der Waals surface area (Å²) in [6, 6.07) is 10.9. The maximum Gasteiger partial charge on any atom is 0.223 e. The van der Waals surface area contributed by atoms with Crippen LogP contribution in [0.1, 0.15) is 57.2 Å². The van der Waals surface area contributed by atoms with E-state index in [0.717, 1.165) is 19.4 Å². The van der Waals surface area contributed by atoms with Gasteiger partial charge in [0.25, 0.3) is 0 Å². The second-order valence-electron chi connectivity index (χ2n) is 7.23. The lowest BCUT2D eigenvalue weighted by atomic mass is 9.79. The molecule has 1 fully saturated rings. The Hall–Kier alpha value is -1.82. The van der Waals surface area contributed by atoms with E-state index in [1.807, 2.05) is 18.7 Å². The lowest BCUT2D eigenvalue weighted by Gasteiger charge is -2.37. The zero-order chi connectivity index (χ0) is 16.3. The van der Waals surface area contributed by atoms with E-state index < -0.39 is 0 Å². The average Bonchev–Trinajstić information content (AvgIpc) is 2.47. The fraction of sp³-hybridized carbons (Fsp3) is 0.579. The van der Waals surface area contributed by atoms with Gasteiger partial charge in [-0.25, -0.2) is 0 Å². The molecule has 1 saturated heterocycles. The van der Waals surface area contributed by atoms with Crippen LogP contribution in [-0.4, -0.2) is 17.4 Å². The maximum absolute atomic E-state index is 12.5. The molecular formula is C19H26N2O. The molecule has 1 aliphatic rings. The first kappa shape index (κ1) is 16.5. The number of hydrogen-bond donors (Lipinski definition) is 0. The third-order valence-corrected chi connectivity index (χ3v) is 4.69. The summed E-state index contributed by atoms with van der Waals surface area (Å²) >= 11 is 0. The lowest BCUT2D eigenvalue weighted by molar-refractivity contribution is -0.137. The van der Waals surface area contributed by atoms with Crippen LogP contribution in [0.25, 0.3) is 0 Å². The highest BCUT2D eigenvalue weighted by Gasteiger charge is 2.32. The number of piperidine rings is 1. The van der Waals surface area contributed by atoms with E-state index in [4.69, 9.17) is 5.26 Å². The summed E-state index contributed by atoms with van der Waals surface area (Å²) in [5.41, 5.74) is 2.09. The fourth-order valence-electron chi connectivity index (χ4n) is 3.29. The van der Waals surface area contributed by atoms with Crippen LogP contribution in [0.3, 0.4) is 0 Å². The summed E-state index contributed by atoms with van der Waals surface area (Å²) in [7, 11) is 0. The van der Waals surface area contributed by atoms with Crippen molar-refractivity contribution in [1.82, 2.24) is 4.90 Å². The Morgan fingerprint density at radius 3 is 2.55 bits per heavy atom. The van der Waals surface area contributed by atoms with Crippen molar-refractivity contribution in [3.63, 3.8) is 0 Å². The van der Waals surface area contributed by atoms with Crippen LogP contribution in [0.4, 0.5) is 0 Å². The SMILES string of the molecule is Cc1ccc(C(C)N2CCC(CC(C)(C)C#N)CC2=O)cc1. The van der Waals surface area contributed by atoms with Gasteiger partial charge in [-0.2, -0.15) is 5.26 Å². The molecule has 3 heteroatoms. The molecule has 0 aliphatic carbocycles. The number of amides is 1. The predicted octanol–water partition coefficient (Wildman–Crippen LogP) is 4.23. The molecule has 0 bridgehead atoms. The Morgan fingerprint density at radius 2 is 2.00 bits per heavy atom. The molecule has 0 saturated carbocycles. The van der Waals surface area contributed by atoms with Gasteiger partial charge < -0.3 is 4.90 Å². The fourth-order valence-corrected chi connectivity index (χ4v) is 3.29. The molecule has 2 atom stereocenters. The molecule has 3 nitrogen and oxygen atoms in total. The van der Waals surface area contributed by atoms with Crippen molar-refractivity contribution in [2.45, 2.75) is 53.0 Å². The summed E-state index contributed by atoms with van der Waals surface area (Å²) in [5.74, 6) is 0.557. The Labute approximate surface area is 133 Å². The van der Waals surface area contributed by atoms with Crippen molar-refractivity contribution in [3.05, 3.63) is 35.4 Å². The van der Waals surface area contributed by atoms with E-state index in [-0.39, 0.29) is 17.4 Å². The van der Waals surface area contributed by atoms with Crippen LogP contribution >= 0.6 is 0 Å². The molecule has 0 radical (unpaired) electrons. The molecule has 0 N–H and O–H groups in total. The van der Waals surface area contributed by atoms with Gasteiger partial charge in [0.15, 0.2) is 0 Å². The highest BCUT2D eigenvalue weighted by atomic mass is 16.2. The van der Waals surface area contributed by atoms with E-state index in [2.05, 4.69) is 44.2 Å². The molecule has 2 unspecified atom stereocenters. The number of nitriles is 1. The Bertz CT molecular complexity index is 568. The van der Waals surface area contributed by atoms with Crippen molar-refractivity contribution in [2.24, 2.45) is 11.3 Å². The first-order valence-corrected chi connectivity index (χ1v) is 8.10. The smallest absolute Gasteiger partial charge is 0.223 e. The molecule has 0 spiro atoms. The predicted molar refractivity (Wildman–Crippen MR) is 88.0 cm³/mol. The molecule has 1 aromatic carbocycles. The number of aryl methyl sites for hydroxylation is 1. The van der Waals surface area contributed by atoms with Gasteiger partial charge in [0, 0.05) is 13.0 Å². The lowest BCUT2D eigenvalue weighted by Crippen LogP contribution is -2.41. The van der Waals surface area contributed by atoms with E-state index in [1.54, 1.807) is 0 Å². The van der Waals surface area contributed by atoms with Crippen LogP contribution in [0.5, 0.6) is 0 Å². The van der Waals surface area contributed by atoms with Gasteiger partial charge >= 0.3 is 0 Å². The standard InChI is InChI=1S/C19H26N2O/c1-14-5-7-17(8-6-14)15(2)21-10-9-16(11-18(21)22)12-19(3,4)13-20/h5-8,15-16H,9-12H2,1-4H3. The van der Waals surface area contributed by atoms with Gasteiger partial charge in [0.2, 0.25) is 5.91 Å². The van der Waals surface area contributed by atoms with E-state index in [9.17, 15) is 4.79 Å². The van der Waals surface area contributed by atoms with Gasteiger partial charge in [-0.1, -0.05) is 29.8 Å². The van der Waals surface area contributed by atoms with Crippen LogP contribution in [0, 0.1) is 29.6 Å². The highest BCUT2D eigenvalue weighted by molar-refractivity contribution is 5.77. The molecule has 1 heterocycles. The number of carbonyl (C=O) groups is 1. The van der Waals surface area contributed by atoms with Crippen LogP contribution in [0.2, 0.25) is 0 Å². The second kappa shape index (κ2) is 6.52. The van der Waals surface area contributed by atoms with Gasteiger partial charge in [-0.05, 0) is 52.0 Å². The third-order valence-electron chi connectivity index (χ3n) is 4.69. The molecule has 118 valence electrons. The van der Waals surface area contributed by atoms with E-state index in [0.29, 0.717) is 12.3 Å². The van der Waals surface area contributed by atoms with Gasteiger partial charge in [0.1, 0.15) is 0 Å². The molecule has 0 aromatic heterocycles. The minimum absolute atomic E-state index is 0.123. The van der Waals surface area contributed by atoms with Gasteiger partial charge in [0.05, 0.1) is 17.5 Å². The van der Waals surface area contributed by atoms with Crippen molar-refractivity contribution in [1.29, 1.82) is 5.26 Å². The average molecular weight is 298 g/mol. The Balaban J connectivity index is 2.00. The van der Waals surface area contributed by atoms with Crippen LogP contribution in [-0.2, 0) is 4.79 Å². The monoisotopic (exact) mass is 298 g/mol. The Morgan fingerprint density at radius 1 is 1.36 bits per heavy atom. The molecule has 1 aliphatic heterocycles. The summed E-state index contributed by atoms with van der Waals surface area (Å²) in [5, 5.41) is 9.16. The van der Waals surface area contributed by atoms with Crippen molar-refractivity contribution in [2.75, 3.05) is 6.54 Å². The zero-order valence-electron chi connectivity index (χ0n) is 14.1. The zero-order valence-corrected chi connectivity index (χ0v) is 14.1. The summed E-state index contributed by atoms with van der Waals surface area (Å²) in [4.78, 5) is 14.5. The maximum atomic E-state index is 12.5. The van der Waals surface area contributed by atoms with Crippen LogP contribution in [0.15, 0.2) is 24.3 Å². The number of hydrogen-bond acceptors (Lipinski definition) is 2. The van der Waals surface area contributed by atoms with Crippen molar-refractivity contribution < 1.29 is 4.79 Å². The summed E-state index contributed by atoms with van der Waals surface area (Å²) in [6.07, 6.45) is 2.37. The number of benzene rings is 1. The second-order valence-corrected chi connectivity index (χ2v) is 7.23. The minimum atomic E-state index is -0.338. The molecular weight excluding hydrogens is 272 g/mol. The molecule has 1 amide bonds. The van der Waals surface area contributed by atoms with Gasteiger partial charge in [-0.3, -0.25) is 4.79 Å². The summed E-state index contributed by atoms with van der Waals surface area (Å²) in [6.45, 7) is 8.88. The third kappa shape index (κ3) is 3.88. The highest BCUT2D eigenvalue weighted by Crippen LogP contribution is 2.34. The topological polar surface area (TPSA) is 44.1 Å². The first-order chi connectivity index (χ1) is 10.3. The normalized spacial score (nSPS) is 20.6. The summed E-state index contributed by atoms with van der Waals surface area (Å²) < 4.78 is 0. The number of nitrogens with zero attached hydrogens (tertiary/aromatic N) is 2. The quantitative estimate of drug-likeness (QED) is 0.834. The van der Waals surface area contributed by atoms with Crippen molar-refractivity contribution >= 4 is 5.91 Å². The minimum Gasteiger partial charge on any atom is -0.336 e. The van der Waals surface area contributed by atoms with E-state index in [1.165, 1.54) is 11.1 Å². The van der Waals surface area contributed by atoms with Gasteiger partial charge in [-0.15, -0.1) is 0 Å². The molecule has 22 heavy (non-hydrogen) atoms. The number of rotatable bonds is 4. The molecule has 2 rings (SSSR count). The van der Waals surface area contributed by atoms with Crippen molar-refractivity contribution in [3.8, 4) is 6.07 Å². The largest absolute Gasteiger partial charge is 0.336 e.